The Kier molecular flexibility index (Phi) is 5.96. The average molecular weight is 480 g/mol. The maximum Gasteiger partial charge on any atom is 0.265 e. The van der Waals surface area contributed by atoms with Crippen molar-refractivity contribution in [2.24, 2.45) is 0 Å². The summed E-state index contributed by atoms with van der Waals surface area (Å²) in [6.07, 6.45) is 3.36. The predicted molar refractivity (Wildman–Crippen MR) is 120 cm³/mol. The molecule has 0 spiro atoms. The van der Waals surface area contributed by atoms with Crippen LogP contribution in [0.1, 0.15) is 5.56 Å². The second-order valence-corrected chi connectivity index (χ2v) is 9.63. The topological polar surface area (TPSA) is 88.9 Å². The van der Waals surface area contributed by atoms with Crippen molar-refractivity contribution >= 4 is 61.2 Å². The Bertz CT molecular complexity index is 1260. The average Bonchev–Trinajstić information content (AvgIpc) is 3.35. The van der Waals surface area contributed by atoms with Gasteiger partial charge >= 0.3 is 0 Å². The van der Waals surface area contributed by atoms with Crippen LogP contribution in [0.2, 0.25) is 10.0 Å². The van der Waals surface area contributed by atoms with Gasteiger partial charge in [-0.3, -0.25) is 9.40 Å². The number of rotatable bonds is 7. The van der Waals surface area contributed by atoms with Crippen LogP contribution in [-0.4, -0.2) is 23.2 Å². The summed E-state index contributed by atoms with van der Waals surface area (Å²) in [7, 11) is -3.83. The van der Waals surface area contributed by atoms with Gasteiger partial charge in [0.05, 0.1) is 11.6 Å². The minimum atomic E-state index is -3.83. The quantitative estimate of drug-likeness (QED) is 0.378. The number of anilines is 3. The molecule has 2 N–H and O–H groups in total. The molecule has 0 aliphatic carbocycles. The number of hydrogen-bond acceptors (Lipinski definition) is 6. The summed E-state index contributed by atoms with van der Waals surface area (Å²) in [5, 5.41) is 10.3. The van der Waals surface area contributed by atoms with Gasteiger partial charge in [-0.05, 0) is 35.9 Å². The zero-order valence-corrected chi connectivity index (χ0v) is 18.4. The molecule has 2 heterocycles. The minimum Gasteiger partial charge on any atom is -0.339 e. The fraction of sp³-hybridized carbons (Fsp3) is 0.0526. The fourth-order valence-electron chi connectivity index (χ4n) is 2.68. The third-order valence-corrected chi connectivity index (χ3v) is 6.94. The van der Waals surface area contributed by atoms with E-state index in [4.69, 9.17) is 23.2 Å². The van der Waals surface area contributed by atoms with E-state index in [0.29, 0.717) is 23.1 Å². The molecule has 4 rings (SSSR count). The van der Waals surface area contributed by atoms with E-state index in [-0.39, 0.29) is 15.0 Å². The van der Waals surface area contributed by atoms with Crippen molar-refractivity contribution in [1.29, 1.82) is 0 Å². The van der Waals surface area contributed by atoms with Crippen molar-refractivity contribution in [3.8, 4) is 0 Å². The zero-order chi connectivity index (χ0) is 21.1. The number of nitrogens with one attached hydrogen (secondary N) is 2. The first-order chi connectivity index (χ1) is 14.4. The molecule has 2 aromatic carbocycles. The van der Waals surface area contributed by atoms with Crippen molar-refractivity contribution < 1.29 is 8.42 Å². The Balaban J connectivity index is 1.46. The summed E-state index contributed by atoms with van der Waals surface area (Å²) in [6, 6.07) is 14.0. The molecule has 4 aromatic rings. The number of thiazole rings is 1. The normalized spacial score (nSPS) is 11.4. The summed E-state index contributed by atoms with van der Waals surface area (Å²) in [6.45, 7) is 0.596. The molecule has 0 radical (unpaired) electrons. The zero-order valence-electron chi connectivity index (χ0n) is 15.3. The molecule has 30 heavy (non-hydrogen) atoms. The van der Waals surface area contributed by atoms with Crippen molar-refractivity contribution in [2.45, 2.75) is 11.4 Å². The van der Waals surface area contributed by atoms with Crippen molar-refractivity contribution in [1.82, 2.24) is 14.8 Å². The number of halogens is 2. The van der Waals surface area contributed by atoms with E-state index in [1.165, 1.54) is 29.7 Å². The molecule has 11 heteroatoms. The third kappa shape index (κ3) is 4.93. The van der Waals surface area contributed by atoms with Crippen molar-refractivity contribution in [2.75, 3.05) is 10.0 Å². The largest absolute Gasteiger partial charge is 0.339 e. The molecule has 0 fully saturated rings. The van der Waals surface area contributed by atoms with E-state index >= 15 is 0 Å². The molecular formula is C19H15Cl2N5O2S2. The van der Waals surface area contributed by atoms with Crippen molar-refractivity contribution in [3.05, 3.63) is 81.9 Å². The monoisotopic (exact) mass is 479 g/mol. The van der Waals surface area contributed by atoms with Crippen LogP contribution in [0.15, 0.2) is 71.2 Å². The first kappa shape index (κ1) is 20.7. The van der Waals surface area contributed by atoms with Crippen LogP contribution in [0.4, 0.5) is 16.6 Å². The van der Waals surface area contributed by atoms with Crippen LogP contribution in [0.3, 0.4) is 0 Å². The molecule has 154 valence electrons. The second kappa shape index (κ2) is 8.65. The van der Waals surface area contributed by atoms with Gasteiger partial charge in [0.25, 0.3) is 10.0 Å². The Hall–Kier alpha value is -2.59. The highest BCUT2D eigenvalue weighted by Crippen LogP contribution is 2.28. The maximum absolute atomic E-state index is 12.5. The molecule has 0 atom stereocenters. The summed E-state index contributed by atoms with van der Waals surface area (Å²) in [5.41, 5.74) is 1.68. The highest BCUT2D eigenvalue weighted by Gasteiger charge is 2.19. The highest BCUT2D eigenvalue weighted by molar-refractivity contribution is 7.93. The van der Waals surface area contributed by atoms with Crippen LogP contribution in [0.5, 0.6) is 0 Å². The Morgan fingerprint density at radius 1 is 1.07 bits per heavy atom. The van der Waals surface area contributed by atoms with Crippen LogP contribution in [-0.2, 0) is 16.6 Å². The molecule has 0 aliphatic rings. The minimum absolute atomic E-state index is 0.0295. The molecule has 7 nitrogen and oxygen atoms in total. The molecule has 0 unspecified atom stereocenters. The smallest absolute Gasteiger partial charge is 0.265 e. The molecule has 0 aliphatic heterocycles. The lowest BCUT2D eigenvalue weighted by atomic mass is 10.2. The summed E-state index contributed by atoms with van der Waals surface area (Å²) < 4.78 is 29.2. The predicted octanol–water partition coefficient (Wildman–Crippen LogP) is 5.24. The number of hydrogen-bond donors (Lipinski definition) is 2. The van der Waals surface area contributed by atoms with Crippen LogP contribution in [0, 0.1) is 0 Å². The van der Waals surface area contributed by atoms with E-state index in [1.54, 1.807) is 16.1 Å². The lowest BCUT2D eigenvalue weighted by Crippen LogP contribution is -2.13. The van der Waals surface area contributed by atoms with Gasteiger partial charge in [0.2, 0.25) is 0 Å². The van der Waals surface area contributed by atoms with Gasteiger partial charge in [0.1, 0.15) is 4.90 Å². The Morgan fingerprint density at radius 2 is 1.87 bits per heavy atom. The molecule has 2 aromatic heterocycles. The molecule has 0 saturated carbocycles. The SMILES string of the molecule is O=S(=O)(Nc1nccs1)c1ccc(Nc2ccn(Cc3ccc(Cl)cc3)n2)cc1Cl. The van der Waals surface area contributed by atoms with Gasteiger partial charge in [-0.1, -0.05) is 35.3 Å². The summed E-state index contributed by atoms with van der Waals surface area (Å²) in [4.78, 5) is 3.89. The number of nitrogens with zero attached hydrogens (tertiary/aromatic N) is 3. The van der Waals surface area contributed by atoms with Crippen LogP contribution >= 0.6 is 34.5 Å². The van der Waals surface area contributed by atoms with Crippen LogP contribution in [0.25, 0.3) is 0 Å². The molecule has 0 amide bonds. The standard InChI is InChI=1S/C19H15Cl2N5O2S2/c20-14-3-1-13(2-4-14)12-26-9-7-18(24-26)23-15-5-6-17(16(21)11-15)30(27,28)25-19-22-8-10-29-19/h1-11H,12H2,(H,22,25)(H,23,24). The molecular weight excluding hydrogens is 465 g/mol. The van der Waals surface area contributed by atoms with Crippen LogP contribution < -0.4 is 10.0 Å². The number of aromatic nitrogens is 3. The van der Waals surface area contributed by atoms with Gasteiger partial charge < -0.3 is 5.32 Å². The molecule has 0 saturated heterocycles. The Labute approximate surface area is 187 Å². The first-order valence-electron chi connectivity index (χ1n) is 8.66. The van der Waals surface area contributed by atoms with E-state index < -0.39 is 10.0 Å². The summed E-state index contributed by atoms with van der Waals surface area (Å²) in [5.74, 6) is 0.608. The Morgan fingerprint density at radius 3 is 2.57 bits per heavy atom. The summed E-state index contributed by atoms with van der Waals surface area (Å²) >= 11 is 13.3. The van der Waals surface area contributed by atoms with E-state index in [0.717, 1.165) is 5.56 Å². The maximum atomic E-state index is 12.5. The van der Waals surface area contributed by atoms with Crippen molar-refractivity contribution in [3.63, 3.8) is 0 Å². The highest BCUT2D eigenvalue weighted by atomic mass is 35.5. The lowest BCUT2D eigenvalue weighted by Gasteiger charge is -2.09. The van der Waals surface area contributed by atoms with E-state index in [1.807, 2.05) is 36.5 Å². The van der Waals surface area contributed by atoms with Gasteiger partial charge in [0, 0.05) is 34.6 Å². The second-order valence-electron chi connectivity index (χ2n) is 6.24. The number of sulfonamides is 1. The number of benzene rings is 2. The van der Waals surface area contributed by atoms with E-state index in [9.17, 15) is 8.42 Å². The third-order valence-electron chi connectivity index (χ3n) is 4.05. The van der Waals surface area contributed by atoms with Gasteiger partial charge in [-0.15, -0.1) is 11.3 Å². The molecule has 0 bridgehead atoms. The fourth-order valence-corrected chi connectivity index (χ4v) is 5.14. The van der Waals surface area contributed by atoms with Gasteiger partial charge in [-0.2, -0.15) is 5.10 Å². The van der Waals surface area contributed by atoms with Gasteiger partial charge in [0.15, 0.2) is 10.9 Å². The van der Waals surface area contributed by atoms with E-state index in [2.05, 4.69) is 20.1 Å². The van der Waals surface area contributed by atoms with Gasteiger partial charge in [-0.25, -0.2) is 13.4 Å². The lowest BCUT2D eigenvalue weighted by molar-refractivity contribution is 0.601. The first-order valence-corrected chi connectivity index (χ1v) is 11.8.